The van der Waals surface area contributed by atoms with Crippen LogP contribution < -0.4 is 9.64 Å². The number of nitrogens with zero attached hydrogens (tertiary/aromatic N) is 1. The van der Waals surface area contributed by atoms with Gasteiger partial charge in [-0.25, -0.2) is 9.59 Å². The summed E-state index contributed by atoms with van der Waals surface area (Å²) in [5.41, 5.74) is 6.77. The number of carbonyl (C=O) groups excluding carboxylic acids is 1. The van der Waals surface area contributed by atoms with Crippen molar-refractivity contribution in [1.82, 2.24) is 4.98 Å². The molecule has 0 fully saturated rings. The third kappa shape index (κ3) is 4.31. The summed E-state index contributed by atoms with van der Waals surface area (Å²) >= 11 is 6.37. The van der Waals surface area contributed by atoms with Crippen molar-refractivity contribution in [2.45, 2.75) is 31.6 Å². The van der Waals surface area contributed by atoms with Crippen LogP contribution >= 0.6 is 11.6 Å². The Balaban J connectivity index is 1.33. The molecule has 1 aliphatic carbocycles. The largest absolute Gasteiger partial charge is 0.491 e. The van der Waals surface area contributed by atoms with Crippen molar-refractivity contribution in [1.29, 1.82) is 0 Å². The number of hydrogen-bond acceptors (Lipinski definition) is 4. The van der Waals surface area contributed by atoms with E-state index in [9.17, 15) is 14.7 Å². The number of halogens is 1. The summed E-state index contributed by atoms with van der Waals surface area (Å²) in [6.45, 7) is 3.11. The van der Waals surface area contributed by atoms with Crippen LogP contribution in [0.15, 0.2) is 60.7 Å². The molecule has 2 heterocycles. The van der Waals surface area contributed by atoms with Crippen LogP contribution in [-0.2, 0) is 4.74 Å². The quantitative estimate of drug-likeness (QED) is 0.182. The Hall–Kier alpha value is -3.97. The van der Waals surface area contributed by atoms with Gasteiger partial charge >= 0.3 is 12.1 Å². The van der Waals surface area contributed by atoms with Crippen LogP contribution in [0.3, 0.4) is 0 Å². The van der Waals surface area contributed by atoms with Crippen LogP contribution in [0.4, 0.5) is 10.5 Å². The Morgan fingerprint density at radius 1 is 1.08 bits per heavy atom. The lowest BCUT2D eigenvalue weighted by Crippen LogP contribution is -2.31. The van der Waals surface area contributed by atoms with Gasteiger partial charge in [-0.05, 0) is 40.3 Å². The molecule has 1 unspecified atom stereocenters. The summed E-state index contributed by atoms with van der Waals surface area (Å²) in [6, 6.07) is 19.9. The van der Waals surface area contributed by atoms with Gasteiger partial charge in [-0.1, -0.05) is 61.9 Å². The Morgan fingerprint density at radius 3 is 2.41 bits per heavy atom. The number of aromatic nitrogens is 1. The van der Waals surface area contributed by atoms with Gasteiger partial charge < -0.3 is 19.6 Å². The van der Waals surface area contributed by atoms with Gasteiger partial charge in [0, 0.05) is 35.7 Å². The van der Waals surface area contributed by atoms with Crippen LogP contribution in [0.1, 0.15) is 58.8 Å². The molecule has 7 nitrogen and oxygen atoms in total. The topological polar surface area (TPSA) is 91.9 Å². The van der Waals surface area contributed by atoms with Gasteiger partial charge in [-0.3, -0.25) is 4.90 Å². The number of carboxylic acids is 1. The molecular formula is C31H29ClN2O5. The first kappa shape index (κ1) is 25.3. The fraction of sp³-hybridized carbons (Fsp3) is 0.290. The van der Waals surface area contributed by atoms with Crippen molar-refractivity contribution < 1.29 is 24.2 Å². The zero-order valence-electron chi connectivity index (χ0n) is 21.6. The molecule has 8 heteroatoms. The fourth-order valence-electron chi connectivity index (χ4n) is 5.86. The number of benzene rings is 3. The first-order chi connectivity index (χ1) is 19.0. The predicted octanol–water partition coefficient (Wildman–Crippen LogP) is 7.14. The van der Waals surface area contributed by atoms with E-state index < -0.39 is 12.1 Å². The summed E-state index contributed by atoms with van der Waals surface area (Å²) in [5, 5.41) is 10.3. The predicted molar refractivity (Wildman–Crippen MR) is 152 cm³/mol. The van der Waals surface area contributed by atoms with Gasteiger partial charge in [-0.2, -0.15) is 0 Å². The molecular weight excluding hydrogens is 516 g/mol. The summed E-state index contributed by atoms with van der Waals surface area (Å²) < 4.78 is 12.0. The lowest BCUT2D eigenvalue weighted by Gasteiger charge is -2.21. The molecule has 2 aliphatic rings. The van der Waals surface area contributed by atoms with Crippen LogP contribution in [0, 0.1) is 0 Å². The molecule has 6 rings (SSSR count). The molecule has 1 atom stereocenters. The second kappa shape index (κ2) is 10.3. The molecule has 4 aromatic rings. The second-order valence-corrected chi connectivity index (χ2v) is 10.4. The third-order valence-electron chi connectivity index (χ3n) is 7.73. The van der Waals surface area contributed by atoms with Crippen molar-refractivity contribution in [2.24, 2.45) is 0 Å². The number of H-pyrrole nitrogens is 1. The molecule has 0 bridgehead atoms. The van der Waals surface area contributed by atoms with Crippen molar-refractivity contribution in [3.8, 4) is 16.9 Å². The Kier molecular flexibility index (Phi) is 6.69. The van der Waals surface area contributed by atoms with E-state index in [4.69, 9.17) is 21.1 Å². The minimum absolute atomic E-state index is 0.0505. The standard InChI is InChI=1S/C31H29ClN2O5/c1-2-3-12-38-27-14-26-28(23-13-25(30(35)36)33-29(23)27)18(15-32)16-34(26)31(37)39-17-24-21-10-6-4-8-19(21)20-9-5-7-11-22(20)24/h4-11,13-14,18,24,33H,2-3,12,15-17H2,1H3,(H,35,36). The summed E-state index contributed by atoms with van der Waals surface area (Å²) in [5.74, 6) is -0.499. The second-order valence-electron chi connectivity index (χ2n) is 10.1. The van der Waals surface area contributed by atoms with E-state index in [0.29, 0.717) is 35.5 Å². The van der Waals surface area contributed by atoms with E-state index in [2.05, 4.69) is 36.2 Å². The number of carbonyl (C=O) groups is 2. The fourth-order valence-corrected chi connectivity index (χ4v) is 6.11. The molecule has 1 aromatic heterocycles. The highest BCUT2D eigenvalue weighted by Crippen LogP contribution is 2.47. The number of carboxylic acid groups (broad SMARTS) is 1. The van der Waals surface area contributed by atoms with E-state index in [0.717, 1.165) is 29.5 Å². The van der Waals surface area contributed by atoms with Crippen LogP contribution in [0.5, 0.6) is 5.75 Å². The average Bonchev–Trinajstić information content (AvgIpc) is 3.64. The number of aromatic carboxylic acids is 1. The van der Waals surface area contributed by atoms with Crippen LogP contribution in [0.25, 0.3) is 22.0 Å². The van der Waals surface area contributed by atoms with Gasteiger partial charge in [0.1, 0.15) is 18.1 Å². The molecule has 200 valence electrons. The Bertz CT molecular complexity index is 1530. The smallest absolute Gasteiger partial charge is 0.414 e. The van der Waals surface area contributed by atoms with Crippen molar-refractivity contribution >= 4 is 40.3 Å². The maximum atomic E-state index is 13.6. The van der Waals surface area contributed by atoms with Crippen molar-refractivity contribution in [3.63, 3.8) is 0 Å². The number of rotatable bonds is 8. The highest BCUT2D eigenvalue weighted by Gasteiger charge is 2.37. The first-order valence-electron chi connectivity index (χ1n) is 13.3. The minimum Gasteiger partial charge on any atom is -0.491 e. The summed E-state index contributed by atoms with van der Waals surface area (Å²) in [4.78, 5) is 30.0. The van der Waals surface area contributed by atoms with Gasteiger partial charge in [0.2, 0.25) is 0 Å². The van der Waals surface area contributed by atoms with E-state index in [-0.39, 0.29) is 30.0 Å². The zero-order chi connectivity index (χ0) is 27.1. The number of anilines is 1. The zero-order valence-corrected chi connectivity index (χ0v) is 22.3. The normalized spacial score (nSPS) is 15.7. The summed E-state index contributed by atoms with van der Waals surface area (Å²) in [6.07, 6.45) is 1.35. The maximum absolute atomic E-state index is 13.6. The number of ether oxygens (including phenoxy) is 2. The third-order valence-corrected chi connectivity index (χ3v) is 8.10. The van der Waals surface area contributed by atoms with Gasteiger partial charge in [0.15, 0.2) is 0 Å². The molecule has 0 saturated heterocycles. The number of fused-ring (bicyclic) bond motifs is 6. The lowest BCUT2D eigenvalue weighted by molar-refractivity contribution is 0.0691. The van der Waals surface area contributed by atoms with E-state index in [1.807, 2.05) is 30.3 Å². The number of aromatic amines is 1. The van der Waals surface area contributed by atoms with Crippen LogP contribution in [0.2, 0.25) is 0 Å². The number of amides is 1. The first-order valence-corrected chi connectivity index (χ1v) is 13.8. The molecule has 0 radical (unpaired) electrons. The molecule has 3 aromatic carbocycles. The van der Waals surface area contributed by atoms with E-state index in [1.54, 1.807) is 11.0 Å². The monoisotopic (exact) mass is 544 g/mol. The van der Waals surface area contributed by atoms with Crippen molar-refractivity contribution in [3.05, 3.63) is 83.0 Å². The van der Waals surface area contributed by atoms with Gasteiger partial charge in [-0.15, -0.1) is 11.6 Å². The highest BCUT2D eigenvalue weighted by atomic mass is 35.5. The van der Waals surface area contributed by atoms with E-state index in [1.165, 1.54) is 11.1 Å². The Morgan fingerprint density at radius 2 is 1.77 bits per heavy atom. The minimum atomic E-state index is -1.06. The van der Waals surface area contributed by atoms with Gasteiger partial charge in [0.05, 0.1) is 17.8 Å². The SMILES string of the molecule is CCCCOc1cc2c(c3cc(C(=O)O)[nH]c13)C(CCl)CN2C(=O)OCC1c2ccccc2-c2ccccc21. The molecule has 2 N–H and O–H groups in total. The Labute approximate surface area is 231 Å². The maximum Gasteiger partial charge on any atom is 0.414 e. The van der Waals surface area contributed by atoms with Gasteiger partial charge in [0.25, 0.3) is 0 Å². The van der Waals surface area contributed by atoms with E-state index >= 15 is 0 Å². The summed E-state index contributed by atoms with van der Waals surface area (Å²) in [7, 11) is 0. The number of alkyl halides is 1. The number of unbranched alkanes of at least 4 members (excludes halogenated alkanes) is 1. The number of nitrogens with one attached hydrogen (secondary N) is 1. The molecule has 0 saturated carbocycles. The lowest BCUT2D eigenvalue weighted by atomic mass is 9.98. The molecule has 0 spiro atoms. The molecule has 39 heavy (non-hydrogen) atoms. The molecule has 1 aliphatic heterocycles. The number of hydrogen-bond donors (Lipinski definition) is 2. The van der Waals surface area contributed by atoms with Crippen molar-refractivity contribution in [2.75, 3.05) is 30.5 Å². The molecule has 1 amide bonds. The van der Waals surface area contributed by atoms with Crippen LogP contribution in [-0.4, -0.2) is 47.8 Å². The highest BCUT2D eigenvalue weighted by molar-refractivity contribution is 6.19. The average molecular weight is 545 g/mol.